The van der Waals surface area contributed by atoms with Crippen molar-refractivity contribution in [2.45, 2.75) is 24.5 Å². The number of fused-ring (bicyclic) bond motifs is 1. The van der Waals surface area contributed by atoms with Gasteiger partial charge in [0.1, 0.15) is 37.8 Å². The molecule has 0 amide bonds. The predicted octanol–water partition coefficient (Wildman–Crippen LogP) is -16.0. The first-order valence-corrected chi connectivity index (χ1v) is 13.0. The summed E-state index contributed by atoms with van der Waals surface area (Å²) in [6.45, 7) is -1.02. The minimum absolute atomic E-state index is 0. The van der Waals surface area contributed by atoms with Gasteiger partial charge in [0.05, 0.1) is 12.9 Å². The summed E-state index contributed by atoms with van der Waals surface area (Å²) in [5.74, 6) is -2.05. The number of aliphatic hydroxyl groups is 2. The smallest absolute Gasteiger partial charge is 0.810 e. The number of phosphoric ester groups is 1. The fourth-order valence-corrected chi connectivity index (χ4v) is 6.84. The summed E-state index contributed by atoms with van der Waals surface area (Å²) in [4.78, 5) is 55.7. The third-order valence-corrected chi connectivity index (χ3v) is 9.00. The number of hydrogen-bond acceptors (Lipinski definition) is 16. The van der Waals surface area contributed by atoms with Gasteiger partial charge < -0.3 is 53.9 Å². The standard InChI is InChI=1S/C11H18N5O12P3.4Na/c12-9-6-10(14-2-13-9)16(3-15-6)11-8(18)7(17)5(27-11)1-26-31(24,25)28-30(22,23)4-29(19,20)21;;;;/h2-3,5,7-8,11,17-18H,1,4H2,(H,22,23)(H,24,25)(H2,12,13,14)(H2,19,20,21);;;;/q;4*+1/p-4/t5-,7-,8-,11-;;;;/m0..../s1. The molecule has 2 aromatic heterocycles. The van der Waals surface area contributed by atoms with Crippen molar-refractivity contribution in [3.8, 4) is 0 Å². The second kappa shape index (κ2) is 15.6. The molecule has 24 heteroatoms. The molecule has 0 radical (unpaired) electrons. The van der Waals surface area contributed by atoms with E-state index in [9.17, 15) is 43.5 Å². The SMILES string of the molecule is Nc1ncnc2c1ncn2[C@H]1O[C@@H](COP(=O)([O-])OP(=O)([O-])CP(=O)([O-])[O-])[C@H](O)[C@@H]1O.[Na+].[Na+].[Na+].[Na+]. The predicted molar refractivity (Wildman–Crippen MR) is 90.4 cm³/mol. The van der Waals surface area contributed by atoms with Crippen LogP contribution < -0.4 is 144 Å². The molecule has 2 aromatic rings. The molecule has 4 N–H and O–H groups in total. The Hall–Kier alpha value is 2.68. The van der Waals surface area contributed by atoms with Crippen LogP contribution in [0.5, 0.6) is 0 Å². The summed E-state index contributed by atoms with van der Waals surface area (Å²) in [7, 11) is -16.9. The van der Waals surface area contributed by atoms with Crippen LogP contribution in [0.1, 0.15) is 6.23 Å². The molecule has 0 spiro atoms. The molecule has 2 unspecified atom stereocenters. The maximum Gasteiger partial charge on any atom is 1.00 e. The molecule has 1 aliphatic rings. The molecule has 3 heterocycles. The number of phosphoric acid groups is 1. The van der Waals surface area contributed by atoms with Crippen LogP contribution in [0.2, 0.25) is 0 Å². The first-order valence-electron chi connectivity index (χ1n) is 8.12. The average molecular weight is 593 g/mol. The van der Waals surface area contributed by atoms with E-state index < -0.39 is 60.1 Å². The number of nitrogen functional groups attached to an aromatic ring is 1. The molecule has 0 aliphatic carbocycles. The fourth-order valence-electron chi connectivity index (χ4n) is 2.73. The van der Waals surface area contributed by atoms with Crippen molar-refractivity contribution in [3.05, 3.63) is 12.7 Å². The molecule has 17 nitrogen and oxygen atoms in total. The largest absolute Gasteiger partial charge is 1.00 e. The van der Waals surface area contributed by atoms with E-state index in [1.54, 1.807) is 0 Å². The number of imidazole rings is 1. The Bertz CT molecular complexity index is 1120. The van der Waals surface area contributed by atoms with Gasteiger partial charge in [-0.3, -0.25) is 13.4 Å². The number of rotatable bonds is 8. The molecule has 0 bridgehead atoms. The van der Waals surface area contributed by atoms with Gasteiger partial charge in [-0.05, 0) is 0 Å². The van der Waals surface area contributed by atoms with Crippen molar-refractivity contribution in [3.63, 3.8) is 0 Å². The third-order valence-electron chi connectivity index (χ3n) is 3.97. The summed E-state index contributed by atoms with van der Waals surface area (Å²) in [6.07, 6.45) is -3.84. The second-order valence-corrected chi connectivity index (χ2v) is 11.7. The molecule has 1 aliphatic heterocycles. The van der Waals surface area contributed by atoms with E-state index in [0.717, 1.165) is 6.33 Å². The maximum atomic E-state index is 11.7. The van der Waals surface area contributed by atoms with E-state index in [1.165, 1.54) is 10.9 Å². The molecule has 174 valence electrons. The van der Waals surface area contributed by atoms with Crippen LogP contribution >= 0.6 is 23.0 Å². The Kier molecular flexibility index (Phi) is 17.8. The fraction of sp³-hybridized carbons (Fsp3) is 0.545. The van der Waals surface area contributed by atoms with Crippen LogP contribution in [0.25, 0.3) is 11.2 Å². The Morgan fingerprint density at radius 2 is 1.63 bits per heavy atom. The number of ether oxygens (including phenoxy) is 1. The van der Waals surface area contributed by atoms with Crippen LogP contribution in [-0.2, 0) is 27.3 Å². The van der Waals surface area contributed by atoms with E-state index in [0.29, 0.717) is 0 Å². The van der Waals surface area contributed by atoms with E-state index in [4.69, 9.17) is 10.5 Å². The van der Waals surface area contributed by atoms with Gasteiger partial charge in [-0.15, -0.1) is 0 Å². The number of nitrogens with zero attached hydrogens (tertiary/aromatic N) is 4. The van der Waals surface area contributed by atoms with Gasteiger partial charge in [0.15, 0.2) is 17.7 Å². The Morgan fingerprint density at radius 1 is 1.03 bits per heavy atom. The zero-order chi connectivity index (χ0) is 23.2. The van der Waals surface area contributed by atoms with Crippen LogP contribution in [0.15, 0.2) is 12.7 Å². The van der Waals surface area contributed by atoms with Crippen molar-refractivity contribution in [1.82, 2.24) is 19.5 Å². The van der Waals surface area contributed by atoms with Crippen LogP contribution in [0, 0.1) is 0 Å². The summed E-state index contributed by atoms with van der Waals surface area (Å²) < 4.78 is 48.1. The quantitative estimate of drug-likeness (QED) is 0.189. The van der Waals surface area contributed by atoms with E-state index in [2.05, 4.69) is 23.8 Å². The summed E-state index contributed by atoms with van der Waals surface area (Å²) in [6, 6.07) is 0. The number of nitrogens with two attached hydrogens (primary N) is 1. The van der Waals surface area contributed by atoms with Gasteiger partial charge >= 0.3 is 118 Å². The summed E-state index contributed by atoms with van der Waals surface area (Å²) in [5, 5.41) is 20.4. The first-order chi connectivity index (χ1) is 14.2. The van der Waals surface area contributed by atoms with Gasteiger partial charge in [0.2, 0.25) is 0 Å². The normalized spacial score (nSPS) is 25.2. The molecule has 35 heavy (non-hydrogen) atoms. The average Bonchev–Trinajstić information content (AvgIpc) is 3.13. The van der Waals surface area contributed by atoms with E-state index in [1.807, 2.05) is 0 Å². The van der Waals surface area contributed by atoms with Gasteiger partial charge in [0, 0.05) is 5.90 Å². The van der Waals surface area contributed by atoms with Crippen molar-refractivity contribution < 1.29 is 175 Å². The third kappa shape index (κ3) is 10.9. The molecule has 0 saturated carbocycles. The monoisotopic (exact) mass is 593 g/mol. The molecule has 0 aromatic carbocycles. The van der Waals surface area contributed by atoms with E-state index in [-0.39, 0.29) is 135 Å². The van der Waals surface area contributed by atoms with Crippen molar-refractivity contribution in [2.24, 2.45) is 0 Å². The van der Waals surface area contributed by atoms with Crippen molar-refractivity contribution in [1.29, 1.82) is 0 Å². The number of aromatic nitrogens is 4. The van der Waals surface area contributed by atoms with Gasteiger partial charge in [-0.2, -0.15) is 0 Å². The Labute approximate surface area is 286 Å². The van der Waals surface area contributed by atoms with E-state index >= 15 is 0 Å². The molecule has 1 fully saturated rings. The summed E-state index contributed by atoms with van der Waals surface area (Å²) in [5.41, 5.74) is 5.96. The minimum Gasteiger partial charge on any atom is -0.810 e. The van der Waals surface area contributed by atoms with Crippen LogP contribution in [-0.4, -0.2) is 60.6 Å². The zero-order valence-corrected chi connectivity index (χ0v) is 29.7. The molecular formula is C11H14N5Na4O12P3. The maximum absolute atomic E-state index is 11.7. The Morgan fingerprint density at radius 3 is 2.20 bits per heavy atom. The molecule has 6 atom stereocenters. The number of hydrogen-bond donors (Lipinski definition) is 3. The molecule has 3 rings (SSSR count). The Balaban J connectivity index is 0. The minimum atomic E-state index is -5.68. The number of anilines is 1. The van der Waals surface area contributed by atoms with Crippen LogP contribution in [0.3, 0.4) is 0 Å². The molecular weight excluding hydrogens is 579 g/mol. The zero-order valence-electron chi connectivity index (χ0n) is 19.1. The van der Waals surface area contributed by atoms with Crippen LogP contribution in [0.4, 0.5) is 5.82 Å². The number of aliphatic hydroxyl groups excluding tert-OH is 2. The van der Waals surface area contributed by atoms with Gasteiger partial charge in [0.25, 0.3) is 7.82 Å². The topological polar surface area (TPSA) is 281 Å². The second-order valence-electron chi connectivity index (χ2n) is 6.32. The summed E-state index contributed by atoms with van der Waals surface area (Å²) >= 11 is 0. The van der Waals surface area contributed by atoms with Crippen molar-refractivity contribution in [2.75, 3.05) is 18.2 Å². The van der Waals surface area contributed by atoms with Gasteiger partial charge in [-0.1, -0.05) is 7.60 Å². The van der Waals surface area contributed by atoms with Crippen molar-refractivity contribution >= 4 is 40.0 Å². The first kappa shape index (κ1) is 39.8. The molecule has 1 saturated heterocycles. The van der Waals surface area contributed by atoms with Gasteiger partial charge in [-0.25, -0.2) is 15.0 Å².